The monoisotopic (exact) mass is 533 g/mol. The maximum absolute atomic E-state index is 13.2. The molecule has 0 aliphatic heterocycles. The molecule has 0 saturated carbocycles. The largest absolute Gasteiger partial charge is 0.480 e. The van der Waals surface area contributed by atoms with Gasteiger partial charge in [-0.25, -0.2) is 4.79 Å². The summed E-state index contributed by atoms with van der Waals surface area (Å²) < 4.78 is 0. The van der Waals surface area contributed by atoms with Gasteiger partial charge in [-0.05, 0) is 30.2 Å². The number of benzene rings is 1. The number of nitrogens with two attached hydrogens (primary N) is 3. The molecule has 0 aliphatic carbocycles. The lowest BCUT2D eigenvalue weighted by atomic mass is 9.97. The molecular weight excluding hydrogens is 490 g/mol. The van der Waals surface area contributed by atoms with Crippen LogP contribution in [-0.2, 0) is 25.6 Å². The van der Waals surface area contributed by atoms with Crippen LogP contribution in [0.15, 0.2) is 35.3 Å². The van der Waals surface area contributed by atoms with E-state index in [0.29, 0.717) is 12.8 Å². The van der Waals surface area contributed by atoms with Gasteiger partial charge in [0.25, 0.3) is 0 Å². The van der Waals surface area contributed by atoms with Crippen LogP contribution in [0, 0.1) is 11.8 Å². The van der Waals surface area contributed by atoms with Gasteiger partial charge in [0.15, 0.2) is 5.96 Å². The third kappa shape index (κ3) is 11.2. The second-order valence-electron chi connectivity index (χ2n) is 9.74. The Bertz CT molecular complexity index is 951. The van der Waals surface area contributed by atoms with E-state index in [1.807, 2.05) is 13.8 Å². The van der Waals surface area contributed by atoms with Crippen molar-refractivity contribution in [2.24, 2.45) is 34.0 Å². The van der Waals surface area contributed by atoms with Crippen molar-refractivity contribution in [3.8, 4) is 0 Å². The fourth-order valence-corrected chi connectivity index (χ4v) is 3.65. The molecule has 212 valence electrons. The zero-order valence-corrected chi connectivity index (χ0v) is 22.6. The Labute approximate surface area is 224 Å². The first-order valence-corrected chi connectivity index (χ1v) is 12.9. The summed E-state index contributed by atoms with van der Waals surface area (Å²) in [5.74, 6) is -3.42. The maximum atomic E-state index is 13.2. The molecule has 0 aliphatic rings. The van der Waals surface area contributed by atoms with Crippen LogP contribution in [0.25, 0.3) is 0 Å². The van der Waals surface area contributed by atoms with Gasteiger partial charge < -0.3 is 38.3 Å². The molecule has 0 bridgehead atoms. The van der Waals surface area contributed by atoms with Crippen molar-refractivity contribution in [1.29, 1.82) is 0 Å². The number of carboxylic acid groups (broad SMARTS) is 1. The van der Waals surface area contributed by atoms with Gasteiger partial charge in [-0.2, -0.15) is 0 Å². The highest BCUT2D eigenvalue weighted by Gasteiger charge is 2.32. The molecule has 10 N–H and O–H groups in total. The van der Waals surface area contributed by atoms with Crippen LogP contribution in [0.3, 0.4) is 0 Å². The lowest BCUT2D eigenvalue weighted by Crippen LogP contribution is -2.59. The SMILES string of the molecule is CCC(C)C(N)C(=O)NC(C(=O)NC(CCCN=C(N)N)C(=O)NC(Cc1ccccc1)C(=O)O)C(C)C. The van der Waals surface area contributed by atoms with Gasteiger partial charge >= 0.3 is 5.97 Å². The summed E-state index contributed by atoms with van der Waals surface area (Å²) >= 11 is 0. The smallest absolute Gasteiger partial charge is 0.326 e. The number of hydrogen-bond acceptors (Lipinski definition) is 6. The van der Waals surface area contributed by atoms with E-state index in [2.05, 4.69) is 20.9 Å². The number of carboxylic acids is 1. The Morgan fingerprint density at radius 3 is 2.05 bits per heavy atom. The Kier molecular flexibility index (Phi) is 13.8. The average Bonchev–Trinajstić information content (AvgIpc) is 2.87. The van der Waals surface area contributed by atoms with Gasteiger partial charge in [-0.1, -0.05) is 64.4 Å². The standard InChI is InChI=1S/C26H43N7O5/c1-5-16(4)20(27)23(35)33-21(15(2)3)24(36)31-18(12-9-13-30-26(28)29)22(34)32-19(25(37)38)14-17-10-7-6-8-11-17/h6-8,10-11,15-16,18-21H,5,9,12-14,27H2,1-4H3,(H,31,36)(H,32,34)(H,33,35)(H,37,38)(H4,28,29,30). The molecule has 12 heteroatoms. The molecule has 5 unspecified atom stereocenters. The van der Waals surface area contributed by atoms with E-state index in [1.54, 1.807) is 44.2 Å². The molecule has 5 atom stereocenters. The van der Waals surface area contributed by atoms with Gasteiger partial charge in [-0.15, -0.1) is 0 Å². The van der Waals surface area contributed by atoms with E-state index in [4.69, 9.17) is 17.2 Å². The van der Waals surface area contributed by atoms with Crippen LogP contribution in [0.4, 0.5) is 0 Å². The summed E-state index contributed by atoms with van der Waals surface area (Å²) in [6, 6.07) is 4.83. The minimum absolute atomic E-state index is 0.0642. The summed E-state index contributed by atoms with van der Waals surface area (Å²) in [5, 5.41) is 17.6. The molecule has 38 heavy (non-hydrogen) atoms. The predicted molar refractivity (Wildman–Crippen MR) is 146 cm³/mol. The topological polar surface area (TPSA) is 215 Å². The van der Waals surface area contributed by atoms with Crippen molar-refractivity contribution in [3.63, 3.8) is 0 Å². The Morgan fingerprint density at radius 2 is 1.53 bits per heavy atom. The molecule has 1 aromatic carbocycles. The van der Waals surface area contributed by atoms with Gasteiger partial charge in [0, 0.05) is 13.0 Å². The molecule has 0 spiro atoms. The van der Waals surface area contributed by atoms with Crippen LogP contribution in [0.5, 0.6) is 0 Å². The molecule has 1 aromatic rings. The van der Waals surface area contributed by atoms with Crippen molar-refractivity contribution in [1.82, 2.24) is 16.0 Å². The Balaban J connectivity index is 3.05. The van der Waals surface area contributed by atoms with E-state index in [0.717, 1.165) is 5.56 Å². The molecule has 1 rings (SSSR count). The van der Waals surface area contributed by atoms with Gasteiger partial charge in [0.1, 0.15) is 18.1 Å². The fourth-order valence-electron chi connectivity index (χ4n) is 3.65. The fraction of sp³-hybridized carbons (Fsp3) is 0.577. The van der Waals surface area contributed by atoms with Crippen LogP contribution in [-0.4, -0.2) is 65.5 Å². The number of carbonyl (C=O) groups is 4. The van der Waals surface area contributed by atoms with Crippen molar-refractivity contribution in [2.45, 2.75) is 77.5 Å². The molecule has 0 aromatic heterocycles. The van der Waals surface area contributed by atoms with Crippen LogP contribution in [0.2, 0.25) is 0 Å². The zero-order chi connectivity index (χ0) is 28.8. The van der Waals surface area contributed by atoms with Gasteiger partial charge in [0.2, 0.25) is 17.7 Å². The number of rotatable bonds is 16. The third-order valence-electron chi connectivity index (χ3n) is 6.28. The van der Waals surface area contributed by atoms with Crippen molar-refractivity contribution >= 4 is 29.7 Å². The van der Waals surface area contributed by atoms with E-state index in [-0.39, 0.29) is 37.2 Å². The van der Waals surface area contributed by atoms with Crippen LogP contribution >= 0.6 is 0 Å². The van der Waals surface area contributed by atoms with E-state index < -0.39 is 47.9 Å². The second-order valence-corrected chi connectivity index (χ2v) is 9.74. The number of aliphatic carboxylic acids is 1. The summed E-state index contributed by atoms with van der Waals surface area (Å²) in [7, 11) is 0. The summed E-state index contributed by atoms with van der Waals surface area (Å²) in [5.41, 5.74) is 17.5. The number of nitrogens with one attached hydrogen (secondary N) is 3. The molecule has 0 saturated heterocycles. The highest BCUT2D eigenvalue weighted by atomic mass is 16.4. The summed E-state index contributed by atoms with van der Waals surface area (Å²) in [6.07, 6.45) is 1.23. The molecule has 0 radical (unpaired) electrons. The molecule has 0 fully saturated rings. The average molecular weight is 534 g/mol. The highest BCUT2D eigenvalue weighted by molar-refractivity contribution is 5.94. The summed E-state index contributed by atoms with van der Waals surface area (Å²) in [6.45, 7) is 7.49. The summed E-state index contributed by atoms with van der Waals surface area (Å²) in [4.78, 5) is 54.8. The Morgan fingerprint density at radius 1 is 0.921 bits per heavy atom. The zero-order valence-electron chi connectivity index (χ0n) is 22.6. The predicted octanol–water partition coefficient (Wildman–Crippen LogP) is -0.149. The van der Waals surface area contributed by atoms with E-state index in [9.17, 15) is 24.3 Å². The van der Waals surface area contributed by atoms with Gasteiger partial charge in [-0.3, -0.25) is 19.4 Å². The molecular formula is C26H43N7O5. The third-order valence-corrected chi connectivity index (χ3v) is 6.28. The van der Waals surface area contributed by atoms with E-state index >= 15 is 0 Å². The van der Waals surface area contributed by atoms with E-state index in [1.165, 1.54) is 0 Å². The van der Waals surface area contributed by atoms with Crippen LogP contribution in [0.1, 0.15) is 52.5 Å². The lowest BCUT2D eigenvalue weighted by Gasteiger charge is -2.28. The van der Waals surface area contributed by atoms with Crippen molar-refractivity contribution in [2.75, 3.05) is 6.54 Å². The highest BCUT2D eigenvalue weighted by Crippen LogP contribution is 2.10. The quantitative estimate of drug-likeness (QED) is 0.0859. The van der Waals surface area contributed by atoms with Gasteiger partial charge in [0.05, 0.1) is 6.04 Å². The first-order valence-electron chi connectivity index (χ1n) is 12.9. The second kappa shape index (κ2) is 16.2. The van der Waals surface area contributed by atoms with Crippen molar-refractivity contribution < 1.29 is 24.3 Å². The number of aliphatic imine (C=N–C) groups is 1. The Hall–Kier alpha value is -3.67. The molecule has 0 heterocycles. The first-order chi connectivity index (χ1) is 17.9. The number of amides is 3. The lowest BCUT2D eigenvalue weighted by molar-refractivity contribution is -0.142. The van der Waals surface area contributed by atoms with Crippen molar-refractivity contribution in [3.05, 3.63) is 35.9 Å². The number of guanidine groups is 1. The van der Waals surface area contributed by atoms with Crippen LogP contribution < -0.4 is 33.2 Å². The minimum Gasteiger partial charge on any atom is -0.480 e. The molecule has 12 nitrogen and oxygen atoms in total. The minimum atomic E-state index is -1.21. The number of carbonyl (C=O) groups excluding carboxylic acids is 3. The normalized spacial score (nSPS) is 14.9. The number of nitrogens with zero attached hydrogens (tertiary/aromatic N) is 1. The molecule has 3 amide bonds. The number of hydrogen-bond donors (Lipinski definition) is 7. The first kappa shape index (κ1) is 32.4. The maximum Gasteiger partial charge on any atom is 0.326 e.